The Kier molecular flexibility index (Phi) is 6.36. The number of benzene rings is 2. The van der Waals surface area contributed by atoms with Crippen LogP contribution in [-0.4, -0.2) is 65.9 Å². The van der Waals surface area contributed by atoms with Crippen molar-refractivity contribution in [2.24, 2.45) is 0 Å². The number of fused-ring (bicyclic) bond motifs is 1. The molecule has 0 radical (unpaired) electrons. The lowest BCUT2D eigenvalue weighted by Gasteiger charge is -2.48. The molecule has 3 fully saturated rings. The van der Waals surface area contributed by atoms with Gasteiger partial charge in [0, 0.05) is 43.6 Å². The van der Waals surface area contributed by atoms with Gasteiger partial charge < -0.3 is 14.4 Å². The summed E-state index contributed by atoms with van der Waals surface area (Å²) >= 11 is 0. The summed E-state index contributed by atoms with van der Waals surface area (Å²) in [7, 11) is 1.73. The van der Waals surface area contributed by atoms with Gasteiger partial charge in [0.2, 0.25) is 11.8 Å². The van der Waals surface area contributed by atoms with Crippen LogP contribution in [0, 0.1) is 0 Å². The molecule has 3 aliphatic heterocycles. The van der Waals surface area contributed by atoms with Crippen molar-refractivity contribution in [3.63, 3.8) is 0 Å². The number of carbonyl (C=O) groups excluding carboxylic acids is 3. The first-order valence-electron chi connectivity index (χ1n) is 13.3. The molecule has 37 heavy (non-hydrogen) atoms. The number of rotatable bonds is 6. The number of carbonyl (C=O) groups is 3. The number of likely N-dealkylation sites (tertiary alicyclic amines) is 1. The molecule has 2 saturated heterocycles. The number of para-hydroxylation sites is 1. The van der Waals surface area contributed by atoms with E-state index in [9.17, 15) is 14.4 Å². The average molecular weight is 504 g/mol. The van der Waals surface area contributed by atoms with Crippen molar-refractivity contribution in [3.8, 4) is 11.5 Å². The van der Waals surface area contributed by atoms with Crippen LogP contribution in [0.1, 0.15) is 65.9 Å². The molecule has 6 rings (SSSR count). The lowest BCUT2D eigenvalue weighted by molar-refractivity contribution is -0.136. The minimum absolute atomic E-state index is 0.105. The van der Waals surface area contributed by atoms with Gasteiger partial charge in [0.25, 0.3) is 5.91 Å². The van der Waals surface area contributed by atoms with Gasteiger partial charge in [-0.25, -0.2) is 0 Å². The molecule has 194 valence electrons. The Morgan fingerprint density at radius 1 is 0.973 bits per heavy atom. The Balaban J connectivity index is 1.12. The Labute approximate surface area is 216 Å². The molecular weight excluding hydrogens is 470 g/mol. The van der Waals surface area contributed by atoms with Crippen molar-refractivity contribution >= 4 is 17.7 Å². The number of piperidine rings is 1. The smallest absolute Gasteiger partial charge is 0.255 e. The molecule has 1 unspecified atom stereocenters. The standard InChI is InChI=1S/C29H33N3O5/c1-36-25-8-4-2-6-21(25)19-15-31(16-19)23-7-3-5-9-26(23)37-20-10-11-22-18(14-20)17-32(29(22)35)24-12-13-27(33)30-28(24)34/h2,4,6,8,10-11,14,19,23-24,26H,3,5,7,9,12-13,15-17H2,1H3,(H,30,33,34)/t23-,24?,26+/m0/s1. The molecule has 1 N–H and O–H groups in total. The van der Waals surface area contributed by atoms with E-state index in [1.807, 2.05) is 30.3 Å². The molecule has 2 aromatic carbocycles. The van der Waals surface area contributed by atoms with Gasteiger partial charge in [0.05, 0.1) is 7.11 Å². The predicted octanol–water partition coefficient (Wildman–Crippen LogP) is 3.25. The van der Waals surface area contributed by atoms with Gasteiger partial charge in [0.1, 0.15) is 23.6 Å². The van der Waals surface area contributed by atoms with E-state index in [4.69, 9.17) is 9.47 Å². The summed E-state index contributed by atoms with van der Waals surface area (Å²) in [5.74, 6) is 1.38. The molecular formula is C29H33N3O5. The van der Waals surface area contributed by atoms with Crippen molar-refractivity contribution in [2.45, 2.75) is 69.2 Å². The first-order valence-corrected chi connectivity index (χ1v) is 13.3. The number of nitrogens with zero attached hydrogens (tertiary/aromatic N) is 2. The van der Waals surface area contributed by atoms with E-state index in [2.05, 4.69) is 22.3 Å². The van der Waals surface area contributed by atoms with Crippen LogP contribution in [-0.2, 0) is 16.1 Å². The maximum absolute atomic E-state index is 13.0. The topological polar surface area (TPSA) is 88.2 Å². The largest absolute Gasteiger partial charge is 0.496 e. The van der Waals surface area contributed by atoms with Crippen molar-refractivity contribution in [2.75, 3.05) is 20.2 Å². The van der Waals surface area contributed by atoms with E-state index in [-0.39, 0.29) is 30.2 Å². The Hall–Kier alpha value is -3.39. The van der Waals surface area contributed by atoms with Gasteiger partial charge >= 0.3 is 0 Å². The summed E-state index contributed by atoms with van der Waals surface area (Å²) in [5.41, 5.74) is 2.76. The minimum atomic E-state index is -0.604. The number of ether oxygens (including phenoxy) is 2. The monoisotopic (exact) mass is 503 g/mol. The molecule has 3 amide bonds. The van der Waals surface area contributed by atoms with Gasteiger partial charge in [-0.3, -0.25) is 24.6 Å². The predicted molar refractivity (Wildman–Crippen MR) is 136 cm³/mol. The number of methoxy groups -OCH3 is 1. The molecule has 3 atom stereocenters. The van der Waals surface area contributed by atoms with E-state index in [1.165, 1.54) is 12.0 Å². The second-order valence-electron chi connectivity index (χ2n) is 10.6. The van der Waals surface area contributed by atoms with E-state index in [0.29, 0.717) is 30.5 Å². The highest BCUT2D eigenvalue weighted by molar-refractivity contribution is 6.05. The second kappa shape index (κ2) is 9.82. The van der Waals surface area contributed by atoms with Crippen molar-refractivity contribution in [1.29, 1.82) is 0 Å². The Morgan fingerprint density at radius 2 is 1.78 bits per heavy atom. The molecule has 4 aliphatic rings. The van der Waals surface area contributed by atoms with E-state index >= 15 is 0 Å². The van der Waals surface area contributed by atoms with Crippen LogP contribution in [0.5, 0.6) is 11.5 Å². The van der Waals surface area contributed by atoms with E-state index < -0.39 is 6.04 Å². The highest BCUT2D eigenvalue weighted by Crippen LogP contribution is 2.39. The van der Waals surface area contributed by atoms with Gasteiger partial charge in [0.15, 0.2) is 0 Å². The SMILES string of the molecule is COc1ccccc1C1CN([C@H]2CCCC[C@H]2Oc2ccc3c(c2)CN(C2CCC(=O)NC2=O)C3=O)C1. The lowest BCUT2D eigenvalue weighted by Crippen LogP contribution is -2.57. The van der Waals surface area contributed by atoms with Crippen LogP contribution in [0.15, 0.2) is 42.5 Å². The quantitative estimate of drug-likeness (QED) is 0.609. The molecule has 1 aliphatic carbocycles. The normalized spacial score (nSPS) is 26.5. The van der Waals surface area contributed by atoms with Crippen LogP contribution in [0.4, 0.5) is 0 Å². The fourth-order valence-electron chi connectivity index (χ4n) is 6.42. The van der Waals surface area contributed by atoms with Crippen LogP contribution < -0.4 is 14.8 Å². The molecule has 0 bridgehead atoms. The van der Waals surface area contributed by atoms with Crippen molar-refractivity contribution in [3.05, 3.63) is 59.2 Å². The lowest BCUT2D eigenvalue weighted by atomic mass is 9.84. The van der Waals surface area contributed by atoms with E-state index in [0.717, 1.165) is 49.4 Å². The maximum Gasteiger partial charge on any atom is 0.255 e. The average Bonchev–Trinajstić information content (AvgIpc) is 3.20. The van der Waals surface area contributed by atoms with Crippen LogP contribution in [0.3, 0.4) is 0 Å². The van der Waals surface area contributed by atoms with E-state index in [1.54, 1.807) is 12.0 Å². The minimum Gasteiger partial charge on any atom is -0.496 e. The Bertz CT molecular complexity index is 1220. The highest BCUT2D eigenvalue weighted by Gasteiger charge is 2.41. The molecule has 8 heteroatoms. The van der Waals surface area contributed by atoms with Crippen molar-refractivity contribution < 1.29 is 23.9 Å². The number of amides is 3. The molecule has 0 spiro atoms. The first kappa shape index (κ1) is 24.0. The fourth-order valence-corrected chi connectivity index (χ4v) is 6.42. The van der Waals surface area contributed by atoms with Gasteiger partial charge in [-0.05, 0) is 61.1 Å². The zero-order valence-electron chi connectivity index (χ0n) is 21.2. The van der Waals surface area contributed by atoms with Crippen molar-refractivity contribution in [1.82, 2.24) is 15.1 Å². The van der Waals surface area contributed by atoms with Gasteiger partial charge in [-0.2, -0.15) is 0 Å². The van der Waals surface area contributed by atoms with Gasteiger partial charge in [-0.1, -0.05) is 24.6 Å². The molecule has 0 aromatic heterocycles. The van der Waals surface area contributed by atoms with Crippen LogP contribution >= 0.6 is 0 Å². The third-order valence-electron chi connectivity index (χ3n) is 8.41. The van der Waals surface area contributed by atoms with Crippen LogP contribution in [0.25, 0.3) is 0 Å². The molecule has 1 saturated carbocycles. The summed E-state index contributed by atoms with van der Waals surface area (Å²) < 4.78 is 12.1. The molecule has 8 nitrogen and oxygen atoms in total. The van der Waals surface area contributed by atoms with Crippen LogP contribution in [0.2, 0.25) is 0 Å². The molecule has 2 aromatic rings. The summed E-state index contributed by atoms with van der Waals surface area (Å²) in [6, 6.07) is 13.7. The second-order valence-corrected chi connectivity index (χ2v) is 10.6. The zero-order chi connectivity index (χ0) is 25.5. The number of nitrogens with one attached hydrogen (secondary N) is 1. The summed E-state index contributed by atoms with van der Waals surface area (Å²) in [6.07, 6.45) is 5.21. The number of hydrogen-bond acceptors (Lipinski definition) is 6. The Morgan fingerprint density at radius 3 is 2.59 bits per heavy atom. The highest BCUT2D eigenvalue weighted by atomic mass is 16.5. The molecule has 3 heterocycles. The summed E-state index contributed by atoms with van der Waals surface area (Å²) in [6.45, 7) is 2.37. The maximum atomic E-state index is 13.0. The fraction of sp³-hybridized carbons (Fsp3) is 0.483. The summed E-state index contributed by atoms with van der Waals surface area (Å²) in [5, 5.41) is 2.36. The third-order valence-corrected chi connectivity index (χ3v) is 8.41. The third kappa shape index (κ3) is 4.48. The van der Waals surface area contributed by atoms with Gasteiger partial charge in [-0.15, -0.1) is 0 Å². The summed E-state index contributed by atoms with van der Waals surface area (Å²) in [4.78, 5) is 41.0. The first-order chi connectivity index (χ1) is 18.0. The number of hydrogen-bond donors (Lipinski definition) is 1. The zero-order valence-corrected chi connectivity index (χ0v) is 21.2. The number of imide groups is 1.